The fourth-order valence-electron chi connectivity index (χ4n) is 5.30. The average molecular weight is 449 g/mol. The minimum atomic E-state index is -0.304. The fraction of sp³-hybridized carbons (Fsp3) is 0.478. The molecule has 1 saturated carbocycles. The van der Waals surface area contributed by atoms with Gasteiger partial charge in [0.05, 0.1) is 31.1 Å². The van der Waals surface area contributed by atoms with Crippen molar-refractivity contribution in [1.29, 1.82) is 0 Å². The maximum atomic E-state index is 10.2. The molecule has 10 nitrogen and oxygen atoms in total. The first-order chi connectivity index (χ1) is 16.1. The quantitative estimate of drug-likeness (QED) is 0.489. The zero-order valence-electron chi connectivity index (χ0n) is 18.6. The van der Waals surface area contributed by atoms with Crippen LogP contribution in [0.25, 0.3) is 16.6 Å². The predicted octanol–water partition coefficient (Wildman–Crippen LogP) is 2.53. The number of methoxy groups -OCH3 is 1. The van der Waals surface area contributed by atoms with Gasteiger partial charge in [-0.1, -0.05) is 6.07 Å². The second-order valence-electron chi connectivity index (χ2n) is 9.06. The molecule has 4 heterocycles. The van der Waals surface area contributed by atoms with Gasteiger partial charge in [0.2, 0.25) is 5.95 Å². The third-order valence-corrected chi connectivity index (χ3v) is 7.05. The van der Waals surface area contributed by atoms with E-state index in [0.29, 0.717) is 22.9 Å². The SMILES string of the molecule is COc1cccc2c1nc(N)n1nc([C@@H]3CCCN(c4cnn(C5CCCC5O)c4)C3)nc21. The van der Waals surface area contributed by atoms with Gasteiger partial charge in [-0.2, -0.15) is 9.61 Å². The normalized spacial score (nSPS) is 23.6. The van der Waals surface area contributed by atoms with E-state index in [1.165, 1.54) is 0 Å². The number of ether oxygens (including phenoxy) is 1. The number of piperidine rings is 1. The molecule has 172 valence electrons. The molecular formula is C23H28N8O2. The molecule has 1 aliphatic carbocycles. The first-order valence-corrected chi connectivity index (χ1v) is 11.6. The first-order valence-electron chi connectivity index (χ1n) is 11.6. The maximum Gasteiger partial charge on any atom is 0.223 e. The van der Waals surface area contributed by atoms with E-state index in [1.54, 1.807) is 11.6 Å². The van der Waals surface area contributed by atoms with Crippen LogP contribution in [0.3, 0.4) is 0 Å². The molecule has 33 heavy (non-hydrogen) atoms. The summed E-state index contributed by atoms with van der Waals surface area (Å²) in [6.07, 6.45) is 8.60. The summed E-state index contributed by atoms with van der Waals surface area (Å²) in [6.45, 7) is 1.77. The molecule has 1 saturated heterocycles. The largest absolute Gasteiger partial charge is 0.494 e. The molecule has 10 heteroatoms. The molecule has 0 bridgehead atoms. The van der Waals surface area contributed by atoms with Crippen LogP contribution in [0.2, 0.25) is 0 Å². The molecule has 3 atom stereocenters. The van der Waals surface area contributed by atoms with Crippen molar-refractivity contribution < 1.29 is 9.84 Å². The number of aromatic nitrogens is 6. The van der Waals surface area contributed by atoms with Crippen LogP contribution < -0.4 is 15.4 Å². The van der Waals surface area contributed by atoms with E-state index in [9.17, 15) is 5.11 Å². The van der Waals surface area contributed by atoms with Crippen LogP contribution >= 0.6 is 0 Å². The Kier molecular flexibility index (Phi) is 4.83. The number of fused-ring (bicyclic) bond motifs is 3. The highest BCUT2D eigenvalue weighted by Crippen LogP contribution is 2.34. The van der Waals surface area contributed by atoms with Crippen molar-refractivity contribution in [2.45, 2.75) is 50.2 Å². The van der Waals surface area contributed by atoms with Gasteiger partial charge >= 0.3 is 0 Å². The highest BCUT2D eigenvalue weighted by molar-refractivity contribution is 5.95. The van der Waals surface area contributed by atoms with Gasteiger partial charge in [0, 0.05) is 30.6 Å². The Morgan fingerprint density at radius 1 is 1.15 bits per heavy atom. The Morgan fingerprint density at radius 3 is 2.88 bits per heavy atom. The molecule has 0 radical (unpaired) electrons. The lowest BCUT2D eigenvalue weighted by Gasteiger charge is -2.32. The summed E-state index contributed by atoms with van der Waals surface area (Å²) < 4.78 is 9.03. The van der Waals surface area contributed by atoms with Crippen LogP contribution in [0, 0.1) is 0 Å². The number of rotatable bonds is 4. The molecule has 2 aliphatic rings. The summed E-state index contributed by atoms with van der Waals surface area (Å²) in [5, 5.41) is 20.4. The molecule has 0 spiro atoms. The summed E-state index contributed by atoms with van der Waals surface area (Å²) >= 11 is 0. The third kappa shape index (κ3) is 3.36. The molecule has 3 N–H and O–H groups in total. The van der Waals surface area contributed by atoms with Gasteiger partial charge < -0.3 is 20.5 Å². The average Bonchev–Trinajstić information content (AvgIpc) is 3.58. The monoisotopic (exact) mass is 448 g/mol. The Labute approximate surface area is 191 Å². The van der Waals surface area contributed by atoms with Crippen LogP contribution in [0.1, 0.15) is 49.9 Å². The van der Waals surface area contributed by atoms with Crippen molar-refractivity contribution in [3.8, 4) is 5.75 Å². The second-order valence-corrected chi connectivity index (χ2v) is 9.06. The van der Waals surface area contributed by atoms with Crippen molar-refractivity contribution in [1.82, 2.24) is 29.4 Å². The smallest absolute Gasteiger partial charge is 0.223 e. The summed E-state index contributed by atoms with van der Waals surface area (Å²) in [6, 6.07) is 5.85. The summed E-state index contributed by atoms with van der Waals surface area (Å²) in [5.41, 5.74) is 8.71. The lowest BCUT2D eigenvalue weighted by molar-refractivity contribution is 0.130. The van der Waals surface area contributed by atoms with Crippen LogP contribution in [0.15, 0.2) is 30.6 Å². The Balaban J connectivity index is 1.30. The van der Waals surface area contributed by atoms with Crippen LogP contribution in [0.4, 0.5) is 11.6 Å². The molecule has 2 unspecified atom stereocenters. The molecule has 4 aromatic rings. The van der Waals surface area contributed by atoms with Crippen molar-refractivity contribution >= 4 is 28.2 Å². The molecule has 2 fully saturated rings. The van der Waals surface area contributed by atoms with Crippen molar-refractivity contribution in [3.05, 3.63) is 36.4 Å². The van der Waals surface area contributed by atoms with Crippen LogP contribution in [0.5, 0.6) is 5.75 Å². The summed E-state index contributed by atoms with van der Waals surface area (Å²) in [4.78, 5) is 11.8. The van der Waals surface area contributed by atoms with Gasteiger partial charge in [0.1, 0.15) is 11.3 Å². The lowest BCUT2D eigenvalue weighted by atomic mass is 9.97. The van der Waals surface area contributed by atoms with E-state index in [-0.39, 0.29) is 18.1 Å². The molecule has 1 aliphatic heterocycles. The van der Waals surface area contributed by atoms with E-state index in [2.05, 4.69) is 21.2 Å². The number of aliphatic hydroxyl groups excluding tert-OH is 1. The first kappa shape index (κ1) is 20.2. The zero-order valence-corrected chi connectivity index (χ0v) is 18.6. The molecule has 1 aromatic carbocycles. The molecule has 6 rings (SSSR count). The van der Waals surface area contributed by atoms with Gasteiger partial charge in [-0.3, -0.25) is 4.68 Å². The minimum absolute atomic E-state index is 0.0835. The second kappa shape index (κ2) is 7.87. The van der Waals surface area contributed by atoms with Gasteiger partial charge in [-0.15, -0.1) is 5.10 Å². The molecule has 0 amide bonds. The van der Waals surface area contributed by atoms with Crippen LogP contribution in [-0.4, -0.2) is 60.8 Å². The number of nitrogens with two attached hydrogens (primary N) is 1. The van der Waals surface area contributed by atoms with Crippen LogP contribution in [-0.2, 0) is 0 Å². The van der Waals surface area contributed by atoms with E-state index in [0.717, 1.165) is 62.1 Å². The Hall–Kier alpha value is -3.40. The fourth-order valence-corrected chi connectivity index (χ4v) is 5.30. The number of nitrogens with zero attached hydrogens (tertiary/aromatic N) is 7. The van der Waals surface area contributed by atoms with E-state index < -0.39 is 0 Å². The number of aliphatic hydroxyl groups is 1. The Bertz CT molecular complexity index is 1310. The van der Waals surface area contributed by atoms with Gasteiger partial charge in [-0.25, -0.2) is 9.97 Å². The van der Waals surface area contributed by atoms with Gasteiger partial charge in [0.25, 0.3) is 0 Å². The highest BCUT2D eigenvalue weighted by atomic mass is 16.5. The van der Waals surface area contributed by atoms with Gasteiger partial charge in [0.15, 0.2) is 11.5 Å². The van der Waals surface area contributed by atoms with Crippen molar-refractivity contribution in [2.24, 2.45) is 0 Å². The zero-order chi connectivity index (χ0) is 22.5. The lowest BCUT2D eigenvalue weighted by Crippen LogP contribution is -2.34. The highest BCUT2D eigenvalue weighted by Gasteiger charge is 2.30. The Morgan fingerprint density at radius 2 is 2.06 bits per heavy atom. The standard InChI is InChI=1S/C23H28N8O2/c1-33-19-9-2-6-16-20(19)26-23(24)31-22(16)27-21(28-31)14-5-4-10-29(12-14)15-11-25-30(13-15)17-7-3-8-18(17)32/h2,6,9,11,13-14,17-18,32H,3-5,7-8,10,12H2,1H3,(H2,24,26)/t14-,17?,18?/m1/s1. The number of benzene rings is 1. The minimum Gasteiger partial charge on any atom is -0.494 e. The summed E-state index contributed by atoms with van der Waals surface area (Å²) in [5.74, 6) is 1.92. The number of para-hydroxylation sites is 1. The van der Waals surface area contributed by atoms with E-state index in [1.807, 2.05) is 29.1 Å². The molecular weight excluding hydrogens is 420 g/mol. The van der Waals surface area contributed by atoms with E-state index in [4.69, 9.17) is 20.6 Å². The number of hydrogen-bond donors (Lipinski definition) is 2. The maximum absolute atomic E-state index is 10.2. The third-order valence-electron chi connectivity index (χ3n) is 7.05. The molecule has 3 aromatic heterocycles. The van der Waals surface area contributed by atoms with E-state index >= 15 is 0 Å². The number of anilines is 2. The predicted molar refractivity (Wildman–Crippen MR) is 125 cm³/mol. The summed E-state index contributed by atoms with van der Waals surface area (Å²) in [7, 11) is 1.62. The van der Waals surface area contributed by atoms with Crippen molar-refractivity contribution in [2.75, 3.05) is 30.8 Å². The van der Waals surface area contributed by atoms with Crippen molar-refractivity contribution in [3.63, 3.8) is 0 Å². The number of nitrogen functional groups attached to an aromatic ring is 1. The van der Waals surface area contributed by atoms with Gasteiger partial charge in [-0.05, 0) is 44.2 Å². The topological polar surface area (TPSA) is 120 Å². The number of hydrogen-bond acceptors (Lipinski definition) is 8.